The van der Waals surface area contributed by atoms with Crippen molar-refractivity contribution >= 4 is 5.69 Å². The summed E-state index contributed by atoms with van der Waals surface area (Å²) in [7, 11) is 1.98. The first kappa shape index (κ1) is 15.0. The lowest BCUT2D eigenvalue weighted by atomic mass is 10.1. The Kier molecular flexibility index (Phi) is 4.91. The molecule has 0 radical (unpaired) electrons. The fraction of sp³-hybridized carbons (Fsp3) is 0.294. The lowest BCUT2D eigenvalue weighted by Crippen LogP contribution is -2.16. The number of aliphatic hydroxyl groups is 1. The minimum atomic E-state index is -0.503. The number of hydrogen-bond acceptors (Lipinski definition) is 4. The smallest absolute Gasteiger partial charge is 0.0991 e. The molecule has 21 heavy (non-hydrogen) atoms. The van der Waals surface area contributed by atoms with Gasteiger partial charge in [-0.25, -0.2) is 0 Å². The molecule has 2 aromatic rings. The molecule has 0 bridgehead atoms. The summed E-state index contributed by atoms with van der Waals surface area (Å²) < 4.78 is 0. The van der Waals surface area contributed by atoms with Crippen LogP contribution in [0.25, 0.3) is 0 Å². The van der Waals surface area contributed by atoms with Crippen molar-refractivity contribution in [3.63, 3.8) is 0 Å². The second kappa shape index (κ2) is 6.87. The molecule has 1 N–H and O–H groups in total. The first-order chi connectivity index (χ1) is 10.1. The van der Waals surface area contributed by atoms with E-state index in [1.807, 2.05) is 44.3 Å². The number of pyridine rings is 1. The molecule has 0 fully saturated rings. The summed E-state index contributed by atoms with van der Waals surface area (Å²) in [6, 6.07) is 13.5. The normalized spacial score (nSPS) is 11.7. The van der Waals surface area contributed by atoms with Gasteiger partial charge in [-0.3, -0.25) is 4.98 Å². The van der Waals surface area contributed by atoms with Crippen molar-refractivity contribution in [2.24, 2.45) is 0 Å². The van der Waals surface area contributed by atoms with Gasteiger partial charge in [-0.15, -0.1) is 0 Å². The topological polar surface area (TPSA) is 60.1 Å². The van der Waals surface area contributed by atoms with Crippen LogP contribution in [0.15, 0.2) is 42.6 Å². The van der Waals surface area contributed by atoms with Gasteiger partial charge in [-0.1, -0.05) is 19.1 Å². The molecule has 2 rings (SSSR count). The highest BCUT2D eigenvalue weighted by Crippen LogP contribution is 2.19. The zero-order valence-electron chi connectivity index (χ0n) is 12.3. The van der Waals surface area contributed by atoms with E-state index in [1.165, 1.54) is 0 Å². The summed E-state index contributed by atoms with van der Waals surface area (Å²) in [5, 5.41) is 18.7. The summed E-state index contributed by atoms with van der Waals surface area (Å²) in [5.41, 5.74) is 3.42. The third-order valence-corrected chi connectivity index (χ3v) is 3.42. The Morgan fingerprint density at radius 3 is 2.76 bits per heavy atom. The Bertz CT molecular complexity index is 631. The molecule has 0 aliphatic carbocycles. The summed E-state index contributed by atoms with van der Waals surface area (Å²) in [6.45, 7) is 2.63. The van der Waals surface area contributed by atoms with Crippen LogP contribution in [0.1, 0.15) is 36.3 Å². The summed E-state index contributed by atoms with van der Waals surface area (Å²) in [5.74, 6) is 0. The van der Waals surface area contributed by atoms with Gasteiger partial charge < -0.3 is 10.0 Å². The fourth-order valence-corrected chi connectivity index (χ4v) is 2.13. The van der Waals surface area contributed by atoms with Crippen LogP contribution in [0.2, 0.25) is 0 Å². The zero-order valence-corrected chi connectivity index (χ0v) is 12.3. The Hall–Kier alpha value is -2.38. The van der Waals surface area contributed by atoms with E-state index in [2.05, 4.69) is 16.0 Å². The maximum absolute atomic E-state index is 9.74. The number of nitrogens with zero attached hydrogens (tertiary/aromatic N) is 3. The molecule has 1 aromatic heterocycles. The van der Waals surface area contributed by atoms with E-state index in [0.29, 0.717) is 24.2 Å². The highest BCUT2D eigenvalue weighted by atomic mass is 16.3. The molecule has 0 saturated carbocycles. The van der Waals surface area contributed by atoms with Crippen molar-refractivity contribution in [1.82, 2.24) is 4.98 Å². The van der Waals surface area contributed by atoms with Crippen molar-refractivity contribution in [3.8, 4) is 6.07 Å². The number of aromatic nitrogens is 1. The van der Waals surface area contributed by atoms with Crippen molar-refractivity contribution in [2.45, 2.75) is 26.0 Å². The molecule has 108 valence electrons. The SMILES string of the molecule is CC[C@@H](O)c1ccc(N(C)Cc2cccc(C#N)c2)cn1. The van der Waals surface area contributed by atoms with Gasteiger partial charge in [0.1, 0.15) is 0 Å². The quantitative estimate of drug-likeness (QED) is 0.915. The number of hydrogen-bond donors (Lipinski definition) is 1. The molecular formula is C17H19N3O. The van der Waals surface area contributed by atoms with Gasteiger partial charge in [0, 0.05) is 13.6 Å². The minimum absolute atomic E-state index is 0.503. The van der Waals surface area contributed by atoms with Gasteiger partial charge in [-0.05, 0) is 36.2 Å². The zero-order chi connectivity index (χ0) is 15.2. The van der Waals surface area contributed by atoms with Gasteiger partial charge in [0.15, 0.2) is 0 Å². The van der Waals surface area contributed by atoms with Crippen molar-refractivity contribution in [3.05, 3.63) is 59.4 Å². The average Bonchev–Trinajstić information content (AvgIpc) is 2.54. The van der Waals surface area contributed by atoms with E-state index in [-0.39, 0.29) is 0 Å². The third kappa shape index (κ3) is 3.80. The van der Waals surface area contributed by atoms with Gasteiger partial charge in [0.2, 0.25) is 0 Å². The molecule has 0 saturated heterocycles. The fourth-order valence-electron chi connectivity index (χ4n) is 2.13. The van der Waals surface area contributed by atoms with E-state index in [1.54, 1.807) is 12.3 Å². The number of nitriles is 1. The van der Waals surface area contributed by atoms with Crippen LogP contribution in [-0.2, 0) is 6.54 Å². The average molecular weight is 281 g/mol. The summed E-state index contributed by atoms with van der Waals surface area (Å²) in [6.07, 6.45) is 1.92. The van der Waals surface area contributed by atoms with Crippen LogP contribution in [0.5, 0.6) is 0 Å². The van der Waals surface area contributed by atoms with E-state index in [0.717, 1.165) is 11.3 Å². The number of benzene rings is 1. The summed E-state index contributed by atoms with van der Waals surface area (Å²) >= 11 is 0. The second-order valence-electron chi connectivity index (χ2n) is 5.03. The molecule has 1 aromatic carbocycles. The van der Waals surface area contributed by atoms with Crippen LogP contribution in [0.4, 0.5) is 5.69 Å². The Morgan fingerprint density at radius 1 is 1.33 bits per heavy atom. The lowest BCUT2D eigenvalue weighted by Gasteiger charge is -2.19. The Balaban J connectivity index is 2.09. The lowest BCUT2D eigenvalue weighted by molar-refractivity contribution is 0.169. The second-order valence-corrected chi connectivity index (χ2v) is 5.03. The number of anilines is 1. The minimum Gasteiger partial charge on any atom is -0.387 e. The maximum atomic E-state index is 9.74. The van der Waals surface area contributed by atoms with Gasteiger partial charge in [0.25, 0.3) is 0 Å². The largest absolute Gasteiger partial charge is 0.387 e. The van der Waals surface area contributed by atoms with E-state index >= 15 is 0 Å². The van der Waals surface area contributed by atoms with Crippen LogP contribution < -0.4 is 4.90 Å². The molecule has 0 unspecified atom stereocenters. The molecule has 4 heteroatoms. The van der Waals surface area contributed by atoms with Crippen molar-refractivity contribution < 1.29 is 5.11 Å². The highest BCUT2D eigenvalue weighted by Gasteiger charge is 2.08. The number of aliphatic hydroxyl groups excluding tert-OH is 1. The van der Waals surface area contributed by atoms with E-state index < -0.39 is 6.10 Å². The van der Waals surface area contributed by atoms with Crippen LogP contribution in [0.3, 0.4) is 0 Å². The first-order valence-corrected chi connectivity index (χ1v) is 6.98. The van der Waals surface area contributed by atoms with Gasteiger partial charge >= 0.3 is 0 Å². The Morgan fingerprint density at radius 2 is 2.14 bits per heavy atom. The Labute approximate surface area is 125 Å². The maximum Gasteiger partial charge on any atom is 0.0991 e. The monoisotopic (exact) mass is 281 g/mol. The van der Waals surface area contributed by atoms with Crippen LogP contribution >= 0.6 is 0 Å². The predicted octanol–water partition coefficient (Wildman–Crippen LogP) is 3.03. The first-order valence-electron chi connectivity index (χ1n) is 6.98. The molecule has 1 atom stereocenters. The molecule has 0 spiro atoms. The van der Waals surface area contributed by atoms with Crippen molar-refractivity contribution in [2.75, 3.05) is 11.9 Å². The van der Waals surface area contributed by atoms with Crippen molar-refractivity contribution in [1.29, 1.82) is 5.26 Å². The van der Waals surface area contributed by atoms with E-state index in [9.17, 15) is 5.11 Å². The van der Waals surface area contributed by atoms with Crippen LogP contribution in [-0.4, -0.2) is 17.1 Å². The molecule has 0 amide bonds. The van der Waals surface area contributed by atoms with E-state index in [4.69, 9.17) is 5.26 Å². The summed E-state index contributed by atoms with van der Waals surface area (Å²) in [4.78, 5) is 6.36. The van der Waals surface area contributed by atoms with Gasteiger partial charge in [-0.2, -0.15) is 5.26 Å². The van der Waals surface area contributed by atoms with Gasteiger partial charge in [0.05, 0.1) is 35.3 Å². The number of rotatable bonds is 5. The standard InChI is InChI=1S/C17H19N3O/c1-3-17(21)16-8-7-15(11-19-16)20(2)12-14-6-4-5-13(9-14)10-18/h4-9,11,17,21H,3,12H2,1-2H3/t17-/m1/s1. The molecule has 0 aliphatic rings. The molecular weight excluding hydrogens is 262 g/mol. The molecule has 0 aliphatic heterocycles. The highest BCUT2D eigenvalue weighted by molar-refractivity contribution is 5.45. The molecule has 1 heterocycles. The van der Waals surface area contributed by atoms with Crippen LogP contribution in [0, 0.1) is 11.3 Å². The third-order valence-electron chi connectivity index (χ3n) is 3.42. The molecule has 4 nitrogen and oxygen atoms in total. The predicted molar refractivity (Wildman–Crippen MR) is 82.8 cm³/mol.